The maximum absolute atomic E-state index is 12.4. The van der Waals surface area contributed by atoms with E-state index in [9.17, 15) is 14.4 Å². The molecular formula is C20H14Cl2O5. The highest BCUT2D eigenvalue weighted by Gasteiger charge is 2.18. The second kappa shape index (κ2) is 7.94. The number of benzene rings is 2. The molecule has 0 saturated heterocycles. The van der Waals surface area contributed by atoms with Crippen molar-refractivity contribution in [1.29, 1.82) is 0 Å². The lowest BCUT2D eigenvalue weighted by atomic mass is 10.0. The number of rotatable bonds is 6. The molecule has 0 unspecified atom stereocenters. The van der Waals surface area contributed by atoms with Crippen LogP contribution in [0.3, 0.4) is 0 Å². The summed E-state index contributed by atoms with van der Waals surface area (Å²) in [5.74, 6) is -0.912. The summed E-state index contributed by atoms with van der Waals surface area (Å²) in [7, 11) is 1.28. The number of hydrogen-bond donors (Lipinski definition) is 0. The normalized spacial score (nSPS) is 10.8. The van der Waals surface area contributed by atoms with E-state index in [4.69, 9.17) is 27.6 Å². The molecule has 0 aliphatic carbocycles. The van der Waals surface area contributed by atoms with Gasteiger partial charge < -0.3 is 9.15 Å². The Morgan fingerprint density at radius 1 is 0.889 bits per heavy atom. The van der Waals surface area contributed by atoms with Gasteiger partial charge in [0.1, 0.15) is 0 Å². The molecule has 3 rings (SSSR count). The van der Waals surface area contributed by atoms with Gasteiger partial charge in [-0.05, 0) is 30.3 Å². The molecule has 0 bridgehead atoms. The third kappa shape index (κ3) is 4.04. The first-order valence-electron chi connectivity index (χ1n) is 8.03. The smallest absolute Gasteiger partial charge is 0.337 e. The number of hydrogen-bond acceptors (Lipinski definition) is 5. The van der Waals surface area contributed by atoms with Crippen LogP contribution in [0.5, 0.6) is 0 Å². The van der Waals surface area contributed by atoms with E-state index < -0.39 is 5.97 Å². The number of ketones is 2. The predicted molar refractivity (Wildman–Crippen MR) is 102 cm³/mol. The fourth-order valence-corrected chi connectivity index (χ4v) is 3.01. The average Bonchev–Trinajstić information content (AvgIpc) is 3.15. The number of carbonyl (C=O) groups is 3. The lowest BCUT2D eigenvalue weighted by Gasteiger charge is -2.02. The number of fused-ring (bicyclic) bond motifs is 1. The van der Waals surface area contributed by atoms with Gasteiger partial charge in [0.25, 0.3) is 0 Å². The Balaban J connectivity index is 1.68. The van der Waals surface area contributed by atoms with E-state index in [0.29, 0.717) is 32.1 Å². The van der Waals surface area contributed by atoms with Crippen LogP contribution in [0.1, 0.15) is 44.1 Å². The minimum Gasteiger partial charge on any atom is -0.465 e. The molecule has 3 aromatic rings. The van der Waals surface area contributed by atoms with Gasteiger partial charge in [0.15, 0.2) is 22.9 Å². The zero-order chi connectivity index (χ0) is 19.6. The van der Waals surface area contributed by atoms with Crippen molar-refractivity contribution in [3.8, 4) is 0 Å². The first-order chi connectivity index (χ1) is 12.9. The molecule has 0 saturated carbocycles. The van der Waals surface area contributed by atoms with Gasteiger partial charge in [0.2, 0.25) is 0 Å². The number of Topliss-reactive ketones (excluding diaryl/α,β-unsaturated/α-hetero) is 2. The molecule has 2 aromatic carbocycles. The zero-order valence-electron chi connectivity index (χ0n) is 14.3. The second-order valence-corrected chi connectivity index (χ2v) is 6.61. The quantitative estimate of drug-likeness (QED) is 0.407. The second-order valence-electron chi connectivity index (χ2n) is 5.80. The van der Waals surface area contributed by atoms with Crippen molar-refractivity contribution in [3.05, 3.63) is 69.4 Å². The lowest BCUT2D eigenvalue weighted by molar-refractivity contribution is 0.0600. The van der Waals surface area contributed by atoms with Crippen molar-refractivity contribution in [2.24, 2.45) is 0 Å². The number of carbonyl (C=O) groups excluding carboxylic acids is 3. The number of methoxy groups -OCH3 is 1. The summed E-state index contributed by atoms with van der Waals surface area (Å²) in [6, 6.07) is 10.8. The van der Waals surface area contributed by atoms with Crippen LogP contribution < -0.4 is 0 Å². The maximum atomic E-state index is 12.4. The average molecular weight is 405 g/mol. The van der Waals surface area contributed by atoms with Crippen LogP contribution in [0, 0.1) is 0 Å². The molecule has 0 atom stereocenters. The summed E-state index contributed by atoms with van der Waals surface area (Å²) >= 11 is 12.1. The van der Waals surface area contributed by atoms with E-state index in [1.54, 1.807) is 12.1 Å². The van der Waals surface area contributed by atoms with Crippen molar-refractivity contribution in [1.82, 2.24) is 0 Å². The Hall–Kier alpha value is -2.63. The van der Waals surface area contributed by atoms with Crippen molar-refractivity contribution in [3.63, 3.8) is 0 Å². The van der Waals surface area contributed by atoms with Crippen molar-refractivity contribution in [2.45, 2.75) is 12.8 Å². The predicted octanol–water partition coefficient (Wildman–Crippen LogP) is 5.37. The third-order valence-electron chi connectivity index (χ3n) is 4.06. The molecule has 5 nitrogen and oxygen atoms in total. The first kappa shape index (κ1) is 19.1. The van der Waals surface area contributed by atoms with Gasteiger partial charge in [-0.15, -0.1) is 0 Å². The van der Waals surface area contributed by atoms with Crippen molar-refractivity contribution < 1.29 is 23.5 Å². The summed E-state index contributed by atoms with van der Waals surface area (Å²) < 4.78 is 10.1. The number of halogens is 2. The largest absolute Gasteiger partial charge is 0.465 e. The summed E-state index contributed by atoms with van der Waals surface area (Å²) in [5, 5.41) is 1.34. The molecule has 0 N–H and O–H groups in total. The van der Waals surface area contributed by atoms with E-state index >= 15 is 0 Å². The Kier molecular flexibility index (Phi) is 5.63. The van der Waals surface area contributed by atoms with Crippen LogP contribution in [0.25, 0.3) is 11.0 Å². The highest BCUT2D eigenvalue weighted by atomic mass is 35.5. The molecule has 0 aliphatic heterocycles. The Morgan fingerprint density at radius 2 is 1.48 bits per heavy atom. The van der Waals surface area contributed by atoms with Crippen LogP contribution in [0.4, 0.5) is 0 Å². The van der Waals surface area contributed by atoms with Crippen LogP contribution in [-0.4, -0.2) is 24.6 Å². The van der Waals surface area contributed by atoms with E-state index in [1.165, 1.54) is 37.4 Å². The van der Waals surface area contributed by atoms with Gasteiger partial charge in [-0.2, -0.15) is 0 Å². The minimum atomic E-state index is -0.480. The highest BCUT2D eigenvalue weighted by molar-refractivity contribution is 6.39. The van der Waals surface area contributed by atoms with Crippen LogP contribution >= 0.6 is 23.2 Å². The third-order valence-corrected chi connectivity index (χ3v) is 4.69. The molecule has 7 heteroatoms. The molecule has 0 spiro atoms. The number of furan rings is 1. The number of ether oxygens (including phenoxy) is 1. The maximum Gasteiger partial charge on any atom is 0.337 e. The van der Waals surface area contributed by atoms with E-state index in [0.717, 1.165) is 0 Å². The fraction of sp³-hybridized carbons (Fsp3) is 0.150. The lowest BCUT2D eigenvalue weighted by Crippen LogP contribution is -2.06. The summed E-state index contributed by atoms with van der Waals surface area (Å²) in [6.45, 7) is 0. The van der Waals surface area contributed by atoms with Crippen LogP contribution in [-0.2, 0) is 4.74 Å². The highest BCUT2D eigenvalue weighted by Crippen LogP contribution is 2.32. The Labute approximate surface area is 164 Å². The fourth-order valence-electron chi connectivity index (χ4n) is 2.60. The molecule has 1 aromatic heterocycles. The van der Waals surface area contributed by atoms with Crippen LogP contribution in [0.15, 0.2) is 46.9 Å². The SMILES string of the molecule is COC(=O)c1ccc(C(=O)CCC(=O)c2cc3c(Cl)ccc(Cl)c3o2)cc1. The summed E-state index contributed by atoms with van der Waals surface area (Å²) in [6.07, 6.45) is -0.0123. The van der Waals surface area contributed by atoms with E-state index in [1.807, 2.05) is 0 Å². The molecule has 0 amide bonds. The van der Waals surface area contributed by atoms with Crippen LogP contribution in [0.2, 0.25) is 10.0 Å². The van der Waals surface area contributed by atoms with Gasteiger partial charge >= 0.3 is 5.97 Å². The molecule has 0 radical (unpaired) electrons. The molecule has 0 aliphatic rings. The zero-order valence-corrected chi connectivity index (χ0v) is 15.8. The first-order valence-corrected chi connectivity index (χ1v) is 8.78. The monoisotopic (exact) mass is 404 g/mol. The van der Waals surface area contributed by atoms with E-state index in [-0.39, 0.29) is 30.2 Å². The Morgan fingerprint density at radius 3 is 2.11 bits per heavy atom. The molecular weight excluding hydrogens is 391 g/mol. The minimum absolute atomic E-state index is 0.00884. The molecule has 138 valence electrons. The van der Waals surface area contributed by atoms with Crippen molar-refractivity contribution in [2.75, 3.05) is 7.11 Å². The van der Waals surface area contributed by atoms with Gasteiger partial charge in [-0.1, -0.05) is 35.3 Å². The van der Waals surface area contributed by atoms with Gasteiger partial charge in [0, 0.05) is 23.8 Å². The standard InChI is InChI=1S/C20H14Cl2O5/c1-26-20(25)12-4-2-11(3-5-12)16(23)8-9-17(24)18-10-13-14(21)6-7-15(22)19(13)27-18/h2-7,10H,8-9H2,1H3. The summed E-state index contributed by atoms with van der Waals surface area (Å²) in [4.78, 5) is 36.0. The molecule has 1 heterocycles. The van der Waals surface area contributed by atoms with Crippen molar-refractivity contribution >= 4 is 51.7 Å². The Bertz CT molecular complexity index is 995. The summed E-state index contributed by atoms with van der Waals surface area (Å²) in [5.41, 5.74) is 1.10. The van der Waals surface area contributed by atoms with Gasteiger partial charge in [0.05, 0.1) is 22.7 Å². The van der Waals surface area contributed by atoms with Gasteiger partial charge in [-0.25, -0.2) is 4.79 Å². The van der Waals surface area contributed by atoms with E-state index in [2.05, 4.69) is 4.74 Å². The molecule has 0 fully saturated rings. The number of esters is 1. The molecule has 27 heavy (non-hydrogen) atoms. The topological polar surface area (TPSA) is 73.6 Å². The van der Waals surface area contributed by atoms with Gasteiger partial charge in [-0.3, -0.25) is 9.59 Å².